The molecule has 3 N–H and O–H groups in total. The minimum absolute atomic E-state index is 0.159. The molecule has 0 aliphatic heterocycles. The maximum absolute atomic E-state index is 12.5. The van der Waals surface area contributed by atoms with Crippen molar-refractivity contribution in [3.05, 3.63) is 54.1 Å². The van der Waals surface area contributed by atoms with Crippen molar-refractivity contribution in [2.75, 3.05) is 31.6 Å². The molecule has 0 aliphatic carbocycles. The van der Waals surface area contributed by atoms with Crippen LogP contribution in [0.2, 0.25) is 0 Å². The van der Waals surface area contributed by atoms with Gasteiger partial charge in [0.1, 0.15) is 6.61 Å². The van der Waals surface area contributed by atoms with Gasteiger partial charge in [-0.25, -0.2) is 13.9 Å². The molecule has 10 nitrogen and oxygen atoms in total. The van der Waals surface area contributed by atoms with Crippen molar-refractivity contribution < 1.29 is 22.7 Å². The van der Waals surface area contributed by atoms with E-state index in [9.17, 15) is 18.0 Å². The predicted molar refractivity (Wildman–Crippen MR) is 129 cm³/mol. The van der Waals surface area contributed by atoms with Crippen LogP contribution in [0.15, 0.2) is 58.5 Å². The van der Waals surface area contributed by atoms with Gasteiger partial charge in [-0.05, 0) is 42.8 Å². The molecule has 0 bridgehead atoms. The highest BCUT2D eigenvalue weighted by molar-refractivity contribution is 7.89. The van der Waals surface area contributed by atoms with Gasteiger partial charge in [-0.1, -0.05) is 32.9 Å². The van der Waals surface area contributed by atoms with Crippen LogP contribution >= 0.6 is 0 Å². The summed E-state index contributed by atoms with van der Waals surface area (Å²) >= 11 is 0. The molecule has 1 unspecified atom stereocenters. The number of ether oxygens (including phenoxy) is 1. The zero-order chi connectivity index (χ0) is 25.1. The number of carbonyl (C=O) groups excluding carboxylic acids is 2. The summed E-state index contributed by atoms with van der Waals surface area (Å²) in [7, 11) is -3.56. The number of benzene rings is 2. The summed E-state index contributed by atoms with van der Waals surface area (Å²) in [6.07, 6.45) is 0.173. The summed E-state index contributed by atoms with van der Waals surface area (Å²) in [5, 5.41) is 8.75. The maximum Gasteiger partial charge on any atom is 0.253 e. The van der Waals surface area contributed by atoms with Gasteiger partial charge < -0.3 is 15.4 Å². The first-order valence-electron chi connectivity index (χ1n) is 11.0. The summed E-state index contributed by atoms with van der Waals surface area (Å²) in [6.45, 7) is 6.13. The monoisotopic (exact) mass is 489 g/mol. The van der Waals surface area contributed by atoms with Crippen LogP contribution in [0, 0.1) is 5.53 Å². The molecule has 0 heterocycles. The van der Waals surface area contributed by atoms with E-state index in [1.165, 1.54) is 28.6 Å². The normalized spacial score (nSPS) is 12.2. The van der Waals surface area contributed by atoms with Crippen LogP contribution in [-0.2, 0) is 19.6 Å². The molecule has 0 spiro atoms. The Hall–Kier alpha value is -3.15. The Balaban J connectivity index is 1.87. The zero-order valence-corrected chi connectivity index (χ0v) is 20.4. The molecule has 0 aromatic heterocycles. The van der Waals surface area contributed by atoms with Gasteiger partial charge in [0.25, 0.3) is 5.91 Å². The lowest BCUT2D eigenvalue weighted by atomic mass is 10.1. The summed E-state index contributed by atoms with van der Waals surface area (Å²) in [5.74, 6) is -0.777. The highest BCUT2D eigenvalue weighted by Crippen LogP contribution is 2.19. The van der Waals surface area contributed by atoms with Gasteiger partial charge in [0, 0.05) is 25.3 Å². The molecule has 2 aromatic carbocycles. The molecule has 2 aromatic rings. The van der Waals surface area contributed by atoms with Crippen LogP contribution in [-0.4, -0.2) is 56.9 Å². The van der Waals surface area contributed by atoms with Crippen molar-refractivity contribution in [1.82, 2.24) is 9.62 Å². The first kappa shape index (κ1) is 27.1. The Morgan fingerprint density at radius 1 is 1.06 bits per heavy atom. The van der Waals surface area contributed by atoms with Crippen molar-refractivity contribution >= 4 is 33.2 Å². The third-order valence-electron chi connectivity index (χ3n) is 5.15. The molecule has 0 radical (unpaired) electrons. The summed E-state index contributed by atoms with van der Waals surface area (Å²) < 4.78 is 32.1. The lowest BCUT2D eigenvalue weighted by molar-refractivity contribution is -0.122. The second kappa shape index (κ2) is 12.9. The third-order valence-corrected chi connectivity index (χ3v) is 7.21. The Morgan fingerprint density at radius 3 is 2.29 bits per heavy atom. The quantitative estimate of drug-likeness (QED) is 0.369. The first-order chi connectivity index (χ1) is 16.3. The van der Waals surface area contributed by atoms with E-state index in [1.807, 2.05) is 6.92 Å². The van der Waals surface area contributed by atoms with E-state index >= 15 is 0 Å². The molecule has 34 heavy (non-hydrogen) atoms. The summed E-state index contributed by atoms with van der Waals surface area (Å²) in [6, 6.07) is 12.5. The number of hydrogen-bond donors (Lipinski definition) is 3. The Kier molecular flexibility index (Phi) is 10.3. The molecule has 0 saturated carbocycles. The maximum atomic E-state index is 12.5. The van der Waals surface area contributed by atoms with E-state index in [2.05, 4.69) is 15.7 Å². The Labute approximate surface area is 200 Å². The number of nitrogens with zero attached hydrogens (tertiary/aromatic N) is 2. The van der Waals surface area contributed by atoms with E-state index in [0.717, 1.165) is 0 Å². The standard InChI is InChI=1S/C23H31N5O5S/c1-4-18(15-25-23(30)20-9-7-8-10-21(20)27-24)33-16-22(29)26-17-11-13-19(14-12-17)34(31,32)28(5-2)6-3/h7-14,18,24H,4-6,15-16H2,1-3H3,(H,25,30)(H,26,29). The van der Waals surface area contributed by atoms with E-state index in [1.54, 1.807) is 38.1 Å². The number of nitrogens with one attached hydrogen (secondary N) is 3. The molecule has 0 aliphatic rings. The predicted octanol–water partition coefficient (Wildman–Crippen LogP) is 3.54. The average molecular weight is 490 g/mol. The lowest BCUT2D eigenvalue weighted by Crippen LogP contribution is -2.35. The van der Waals surface area contributed by atoms with Crippen LogP contribution < -0.4 is 10.6 Å². The van der Waals surface area contributed by atoms with Crippen LogP contribution in [0.1, 0.15) is 37.6 Å². The molecule has 0 fully saturated rings. The topological polar surface area (TPSA) is 141 Å². The number of amides is 2. The van der Waals surface area contributed by atoms with Crippen LogP contribution in [0.3, 0.4) is 0 Å². The highest BCUT2D eigenvalue weighted by Gasteiger charge is 2.21. The SMILES string of the molecule is CCC(CNC(=O)c1ccccc1N=N)OCC(=O)Nc1ccc(S(=O)(=O)N(CC)CC)cc1. The van der Waals surface area contributed by atoms with E-state index in [4.69, 9.17) is 10.3 Å². The largest absolute Gasteiger partial charge is 0.367 e. The smallest absolute Gasteiger partial charge is 0.253 e. The molecule has 2 rings (SSSR count). The van der Waals surface area contributed by atoms with Crippen LogP contribution in [0.5, 0.6) is 0 Å². The van der Waals surface area contributed by atoms with Crippen LogP contribution in [0.4, 0.5) is 11.4 Å². The van der Waals surface area contributed by atoms with E-state index in [-0.39, 0.29) is 35.2 Å². The van der Waals surface area contributed by atoms with Crippen LogP contribution in [0.25, 0.3) is 0 Å². The number of para-hydroxylation sites is 1. The molecular weight excluding hydrogens is 458 g/mol. The molecule has 1 atom stereocenters. The van der Waals surface area contributed by atoms with Crippen molar-refractivity contribution in [3.8, 4) is 0 Å². The highest BCUT2D eigenvalue weighted by atomic mass is 32.2. The van der Waals surface area contributed by atoms with Gasteiger partial charge in [0.15, 0.2) is 0 Å². The average Bonchev–Trinajstić information content (AvgIpc) is 2.84. The van der Waals surface area contributed by atoms with Crippen molar-refractivity contribution in [2.45, 2.75) is 38.2 Å². The van der Waals surface area contributed by atoms with Gasteiger partial charge in [0.2, 0.25) is 15.9 Å². The molecular formula is C23H31N5O5S. The van der Waals surface area contributed by atoms with Gasteiger partial charge in [-0.2, -0.15) is 9.42 Å². The number of carbonyl (C=O) groups is 2. The Morgan fingerprint density at radius 2 is 1.71 bits per heavy atom. The van der Waals surface area contributed by atoms with Gasteiger partial charge in [-0.15, -0.1) is 0 Å². The van der Waals surface area contributed by atoms with Crippen molar-refractivity contribution in [1.29, 1.82) is 5.53 Å². The number of sulfonamides is 1. The molecule has 2 amide bonds. The fourth-order valence-electron chi connectivity index (χ4n) is 3.20. The van der Waals surface area contributed by atoms with Crippen molar-refractivity contribution in [3.63, 3.8) is 0 Å². The number of rotatable bonds is 13. The number of hydrogen-bond acceptors (Lipinski definition) is 7. The Bertz CT molecular complexity index is 1090. The molecule has 0 saturated heterocycles. The van der Waals surface area contributed by atoms with Gasteiger partial charge in [-0.3, -0.25) is 9.59 Å². The first-order valence-corrected chi connectivity index (χ1v) is 12.5. The minimum atomic E-state index is -3.56. The fraction of sp³-hybridized carbons (Fsp3) is 0.391. The summed E-state index contributed by atoms with van der Waals surface area (Å²) in [5.41, 5.74) is 8.16. The molecule has 184 valence electrons. The summed E-state index contributed by atoms with van der Waals surface area (Å²) in [4.78, 5) is 24.8. The van der Waals surface area contributed by atoms with Crippen molar-refractivity contribution in [2.24, 2.45) is 5.11 Å². The third kappa shape index (κ3) is 7.17. The lowest BCUT2D eigenvalue weighted by Gasteiger charge is -2.19. The zero-order valence-electron chi connectivity index (χ0n) is 19.6. The van der Waals surface area contributed by atoms with Gasteiger partial charge >= 0.3 is 0 Å². The number of anilines is 1. The van der Waals surface area contributed by atoms with E-state index in [0.29, 0.717) is 25.2 Å². The second-order valence-corrected chi connectivity index (χ2v) is 9.28. The fourth-order valence-corrected chi connectivity index (χ4v) is 4.66. The van der Waals surface area contributed by atoms with E-state index < -0.39 is 22.0 Å². The second-order valence-electron chi connectivity index (χ2n) is 7.34. The molecule has 11 heteroatoms. The van der Waals surface area contributed by atoms with Gasteiger partial charge in [0.05, 0.1) is 22.3 Å². The minimum Gasteiger partial charge on any atom is -0.367 e.